The Balaban J connectivity index is 1.18. The van der Waals surface area contributed by atoms with Crippen LogP contribution >= 0.6 is 0 Å². The van der Waals surface area contributed by atoms with Gasteiger partial charge in [0.25, 0.3) is 0 Å². The van der Waals surface area contributed by atoms with Crippen LogP contribution in [0.1, 0.15) is 36.8 Å². The maximum atomic E-state index is 11.7. The zero-order valence-electron chi connectivity index (χ0n) is 17.1. The van der Waals surface area contributed by atoms with E-state index in [0.29, 0.717) is 0 Å². The van der Waals surface area contributed by atoms with Crippen molar-refractivity contribution < 1.29 is 8.95 Å². The molecule has 0 saturated carbocycles. The molecule has 0 amide bonds. The lowest BCUT2D eigenvalue weighted by atomic mass is 9.92. The van der Waals surface area contributed by atoms with Crippen molar-refractivity contribution in [3.8, 4) is 5.75 Å². The first-order chi connectivity index (χ1) is 14.2. The van der Waals surface area contributed by atoms with E-state index in [1.807, 2.05) is 16.6 Å². The summed E-state index contributed by atoms with van der Waals surface area (Å²) >= 11 is 0. The predicted octanol–water partition coefficient (Wildman–Crippen LogP) is 3.20. The van der Waals surface area contributed by atoms with Crippen LogP contribution in [0, 0.1) is 5.92 Å². The molecule has 1 unspecified atom stereocenters. The van der Waals surface area contributed by atoms with Crippen molar-refractivity contribution in [3.05, 3.63) is 47.9 Å². The second kappa shape index (κ2) is 9.67. The molecule has 29 heavy (non-hydrogen) atoms. The summed E-state index contributed by atoms with van der Waals surface area (Å²) in [5.74, 6) is 2.79. The van der Waals surface area contributed by atoms with E-state index in [-0.39, 0.29) is 0 Å². The molecule has 2 aliphatic rings. The van der Waals surface area contributed by atoms with Gasteiger partial charge in [-0.25, -0.2) is 18.5 Å². The fraction of sp³-hybridized carbons (Fsp3) is 0.545. The summed E-state index contributed by atoms with van der Waals surface area (Å²) in [6, 6.07) is 8.35. The average molecular weight is 415 g/mol. The van der Waals surface area contributed by atoms with Crippen molar-refractivity contribution in [3.63, 3.8) is 0 Å². The van der Waals surface area contributed by atoms with Crippen LogP contribution in [0.4, 0.5) is 5.82 Å². The van der Waals surface area contributed by atoms with Gasteiger partial charge in [0.15, 0.2) is 0 Å². The average Bonchev–Trinajstić information content (AvgIpc) is 2.77. The standard InChI is InChI=1S/C22H30N4O2S/c1-29(27)26-13-9-19-15-21(5-4-20(19)16-26)28-14-2-3-18-7-11-25(12-8-18)22-6-10-23-17-24-22/h4-6,10,15,17-18H,2-3,7-9,11-14,16H2,1H3. The highest BCUT2D eigenvalue weighted by Crippen LogP contribution is 2.26. The van der Waals surface area contributed by atoms with Gasteiger partial charge < -0.3 is 9.64 Å². The molecule has 0 bridgehead atoms. The van der Waals surface area contributed by atoms with Crippen molar-refractivity contribution in [2.75, 3.05) is 37.4 Å². The Bertz CT molecular complexity index is 825. The van der Waals surface area contributed by atoms with Crippen LogP contribution in [-0.2, 0) is 24.0 Å². The molecular formula is C22H30N4O2S. The SMILES string of the molecule is CS(=O)N1CCc2cc(OCCCC3CCN(c4ccncn4)CC3)ccc2C1. The van der Waals surface area contributed by atoms with Crippen molar-refractivity contribution in [1.82, 2.24) is 14.3 Å². The maximum absolute atomic E-state index is 11.7. The van der Waals surface area contributed by atoms with Crippen LogP contribution in [-0.4, -0.2) is 51.0 Å². The number of rotatable bonds is 7. The highest BCUT2D eigenvalue weighted by Gasteiger charge is 2.20. The zero-order valence-corrected chi connectivity index (χ0v) is 17.9. The maximum Gasteiger partial charge on any atom is 0.131 e. The topological polar surface area (TPSA) is 58.6 Å². The van der Waals surface area contributed by atoms with E-state index in [1.165, 1.54) is 30.4 Å². The van der Waals surface area contributed by atoms with E-state index in [9.17, 15) is 4.21 Å². The molecule has 1 atom stereocenters. The molecule has 0 N–H and O–H groups in total. The third kappa shape index (κ3) is 5.34. The number of hydrogen-bond donors (Lipinski definition) is 0. The molecule has 1 fully saturated rings. The summed E-state index contributed by atoms with van der Waals surface area (Å²) in [6.45, 7) is 4.55. The van der Waals surface area contributed by atoms with Gasteiger partial charge in [0.1, 0.15) is 17.9 Å². The van der Waals surface area contributed by atoms with Gasteiger partial charge in [-0.15, -0.1) is 0 Å². The molecule has 1 aromatic carbocycles. The van der Waals surface area contributed by atoms with Gasteiger partial charge in [0.05, 0.1) is 17.6 Å². The number of hydrogen-bond acceptors (Lipinski definition) is 5. The van der Waals surface area contributed by atoms with Crippen LogP contribution in [0.15, 0.2) is 36.8 Å². The molecule has 7 heteroatoms. The molecule has 1 aromatic heterocycles. The summed E-state index contributed by atoms with van der Waals surface area (Å²) in [5, 5.41) is 0. The van der Waals surface area contributed by atoms with Gasteiger partial charge in [-0.2, -0.15) is 0 Å². The molecule has 156 valence electrons. The summed E-state index contributed by atoms with van der Waals surface area (Å²) in [5.41, 5.74) is 2.61. The Hall–Kier alpha value is -1.99. The lowest BCUT2D eigenvalue weighted by Crippen LogP contribution is -2.34. The molecule has 0 spiro atoms. The highest BCUT2D eigenvalue weighted by atomic mass is 32.2. The largest absolute Gasteiger partial charge is 0.494 e. The first-order valence-corrected chi connectivity index (χ1v) is 12.0. The molecule has 0 aliphatic carbocycles. The summed E-state index contributed by atoms with van der Waals surface area (Å²) in [6.07, 6.45) is 10.9. The van der Waals surface area contributed by atoms with E-state index in [4.69, 9.17) is 4.74 Å². The van der Waals surface area contributed by atoms with E-state index in [1.54, 1.807) is 12.6 Å². The number of piperidine rings is 1. The van der Waals surface area contributed by atoms with E-state index in [2.05, 4.69) is 33.1 Å². The Morgan fingerprint density at radius 2 is 2.03 bits per heavy atom. The first kappa shape index (κ1) is 20.3. The summed E-state index contributed by atoms with van der Waals surface area (Å²) < 4.78 is 19.7. The highest BCUT2D eigenvalue weighted by molar-refractivity contribution is 7.81. The van der Waals surface area contributed by atoms with Gasteiger partial charge in [-0.1, -0.05) is 6.07 Å². The minimum Gasteiger partial charge on any atom is -0.494 e. The number of aromatic nitrogens is 2. The number of benzene rings is 1. The fourth-order valence-corrected chi connectivity index (χ4v) is 4.97. The number of anilines is 1. The van der Waals surface area contributed by atoms with E-state index in [0.717, 1.165) is 63.1 Å². The van der Waals surface area contributed by atoms with Gasteiger partial charge in [0.2, 0.25) is 0 Å². The fourth-order valence-electron chi connectivity index (χ4n) is 4.30. The zero-order chi connectivity index (χ0) is 20.1. The van der Waals surface area contributed by atoms with Crippen molar-refractivity contribution in [1.29, 1.82) is 0 Å². The molecule has 3 heterocycles. The van der Waals surface area contributed by atoms with Gasteiger partial charge >= 0.3 is 0 Å². The number of fused-ring (bicyclic) bond motifs is 1. The Morgan fingerprint density at radius 1 is 1.17 bits per heavy atom. The molecular weight excluding hydrogens is 384 g/mol. The van der Waals surface area contributed by atoms with Crippen LogP contribution in [0.3, 0.4) is 0 Å². The minimum atomic E-state index is -0.894. The van der Waals surface area contributed by atoms with Crippen LogP contribution in [0.25, 0.3) is 0 Å². The van der Waals surface area contributed by atoms with Crippen LogP contribution < -0.4 is 9.64 Å². The Labute approximate surface area is 175 Å². The molecule has 2 aliphatic heterocycles. The quantitative estimate of drug-likeness (QED) is 0.651. The summed E-state index contributed by atoms with van der Waals surface area (Å²) in [7, 11) is -0.894. The predicted molar refractivity (Wildman–Crippen MR) is 116 cm³/mol. The molecule has 0 radical (unpaired) electrons. The molecule has 4 rings (SSSR count). The number of ether oxygens (including phenoxy) is 1. The monoisotopic (exact) mass is 414 g/mol. The van der Waals surface area contributed by atoms with Gasteiger partial charge in [-0.3, -0.25) is 0 Å². The van der Waals surface area contributed by atoms with Gasteiger partial charge in [0, 0.05) is 38.6 Å². The second-order valence-corrected chi connectivity index (χ2v) is 9.32. The lowest BCUT2D eigenvalue weighted by Gasteiger charge is -2.32. The normalized spacial score (nSPS) is 19.0. The minimum absolute atomic E-state index is 0.770. The number of nitrogens with zero attached hydrogens (tertiary/aromatic N) is 4. The van der Waals surface area contributed by atoms with Gasteiger partial charge in [-0.05, 0) is 67.3 Å². The molecule has 6 nitrogen and oxygen atoms in total. The Kier molecular flexibility index (Phi) is 6.77. The Morgan fingerprint density at radius 3 is 2.79 bits per heavy atom. The summed E-state index contributed by atoms with van der Waals surface area (Å²) in [4.78, 5) is 10.7. The van der Waals surface area contributed by atoms with E-state index >= 15 is 0 Å². The second-order valence-electron chi connectivity index (χ2n) is 7.96. The lowest BCUT2D eigenvalue weighted by molar-refractivity contribution is 0.278. The van der Waals surface area contributed by atoms with E-state index < -0.39 is 11.0 Å². The van der Waals surface area contributed by atoms with Crippen molar-refractivity contribution in [2.45, 2.75) is 38.6 Å². The first-order valence-electron chi connectivity index (χ1n) is 10.5. The van der Waals surface area contributed by atoms with Crippen molar-refractivity contribution >= 4 is 16.8 Å². The van der Waals surface area contributed by atoms with Crippen LogP contribution in [0.2, 0.25) is 0 Å². The third-order valence-electron chi connectivity index (χ3n) is 6.05. The molecule has 1 saturated heterocycles. The van der Waals surface area contributed by atoms with Crippen molar-refractivity contribution in [2.24, 2.45) is 5.92 Å². The molecule has 2 aromatic rings. The van der Waals surface area contributed by atoms with Crippen LogP contribution in [0.5, 0.6) is 5.75 Å². The smallest absolute Gasteiger partial charge is 0.131 e. The third-order valence-corrected chi connectivity index (χ3v) is 7.09.